The zero-order chi connectivity index (χ0) is 14.4. The summed E-state index contributed by atoms with van der Waals surface area (Å²) in [4.78, 5) is 0. The summed E-state index contributed by atoms with van der Waals surface area (Å²) in [6.07, 6.45) is 5.66. The Kier molecular flexibility index (Phi) is 4.92. The average Bonchev–Trinajstić information content (AvgIpc) is 2.44. The molecule has 2 heteroatoms. The van der Waals surface area contributed by atoms with Crippen LogP contribution in [0.5, 0.6) is 0 Å². The molecule has 1 aromatic carbocycles. The van der Waals surface area contributed by atoms with Crippen LogP contribution in [0.4, 0.5) is 0 Å². The van der Waals surface area contributed by atoms with Crippen molar-refractivity contribution in [3.8, 4) is 6.07 Å². The van der Waals surface area contributed by atoms with Crippen LogP contribution in [0.25, 0.3) is 0 Å². The Morgan fingerprint density at radius 1 is 1.35 bits per heavy atom. The lowest BCUT2D eigenvalue weighted by atomic mass is 9.77. The maximum Gasteiger partial charge on any atom is 0.0991 e. The van der Waals surface area contributed by atoms with Crippen molar-refractivity contribution >= 4 is 0 Å². The monoisotopic (exact) mass is 265 g/mol. The van der Waals surface area contributed by atoms with E-state index in [9.17, 15) is 0 Å². The number of ether oxygens (including phenoxy) is 1. The second-order valence-corrected chi connectivity index (χ2v) is 5.08. The van der Waals surface area contributed by atoms with Crippen molar-refractivity contribution in [1.29, 1.82) is 5.26 Å². The predicted octanol–water partition coefficient (Wildman–Crippen LogP) is 4.17. The summed E-state index contributed by atoms with van der Waals surface area (Å²) < 4.78 is 5.86. The van der Waals surface area contributed by atoms with Crippen molar-refractivity contribution in [2.45, 2.75) is 25.6 Å². The molecule has 0 bridgehead atoms. The molecule has 2 rings (SSSR count). The lowest BCUT2D eigenvalue weighted by Gasteiger charge is -2.35. The molecule has 2 nitrogen and oxygen atoms in total. The third kappa shape index (κ3) is 3.69. The van der Waals surface area contributed by atoms with Crippen molar-refractivity contribution in [2.75, 3.05) is 0 Å². The number of hydrogen-bond donors (Lipinski definition) is 0. The summed E-state index contributed by atoms with van der Waals surface area (Å²) in [7, 11) is 0. The quantitative estimate of drug-likeness (QED) is 0.571. The van der Waals surface area contributed by atoms with Crippen LogP contribution < -0.4 is 0 Å². The van der Waals surface area contributed by atoms with E-state index in [1.807, 2.05) is 24.3 Å². The summed E-state index contributed by atoms with van der Waals surface area (Å²) in [5.41, 5.74) is 2.78. The fourth-order valence-electron chi connectivity index (χ4n) is 2.25. The molecule has 0 atom stereocenters. The van der Waals surface area contributed by atoms with Crippen LogP contribution >= 0.6 is 0 Å². The third-order valence-corrected chi connectivity index (χ3v) is 3.64. The number of nitrogens with zero attached hydrogens (tertiary/aromatic N) is 1. The minimum atomic E-state index is 0.305. The van der Waals surface area contributed by atoms with Crippen LogP contribution in [0.15, 0.2) is 66.8 Å². The minimum absolute atomic E-state index is 0.305. The Hall–Kier alpha value is -2.11. The van der Waals surface area contributed by atoms with E-state index in [0.29, 0.717) is 24.2 Å². The van der Waals surface area contributed by atoms with Gasteiger partial charge in [0.15, 0.2) is 0 Å². The summed E-state index contributed by atoms with van der Waals surface area (Å²) in [5, 5.41) is 8.85. The van der Waals surface area contributed by atoms with Gasteiger partial charge in [-0.3, -0.25) is 0 Å². The first-order chi connectivity index (χ1) is 9.72. The molecule has 0 N–H and O–H groups in total. The first-order valence-corrected chi connectivity index (χ1v) is 6.81. The van der Waals surface area contributed by atoms with Gasteiger partial charge in [-0.05, 0) is 30.4 Å². The van der Waals surface area contributed by atoms with E-state index in [1.54, 1.807) is 6.08 Å². The van der Waals surface area contributed by atoms with Crippen molar-refractivity contribution in [1.82, 2.24) is 0 Å². The molecule has 1 aromatic rings. The third-order valence-electron chi connectivity index (χ3n) is 3.64. The van der Waals surface area contributed by atoms with E-state index in [2.05, 4.69) is 31.4 Å². The van der Waals surface area contributed by atoms with Gasteiger partial charge < -0.3 is 4.74 Å². The van der Waals surface area contributed by atoms with Crippen molar-refractivity contribution in [3.63, 3.8) is 0 Å². The van der Waals surface area contributed by atoms with Gasteiger partial charge in [-0.15, -0.1) is 0 Å². The Bertz CT molecular complexity index is 545. The normalized spacial score (nSPS) is 21.6. The fourth-order valence-corrected chi connectivity index (χ4v) is 2.25. The predicted molar refractivity (Wildman–Crippen MR) is 80.8 cm³/mol. The molecule has 1 aliphatic rings. The Morgan fingerprint density at radius 2 is 2.05 bits per heavy atom. The highest BCUT2D eigenvalue weighted by atomic mass is 16.5. The standard InChI is InChI=1S/C18H19NO/c1-3-15(12-19)9-14(2)17-10-18(11-17)20-13-16-7-5-4-6-8-16/h3-9,17-18H,1-2,10-11,13H2/b15-9+. The number of nitriles is 1. The Morgan fingerprint density at radius 3 is 2.65 bits per heavy atom. The van der Waals surface area contributed by atoms with Crippen LogP contribution in [-0.2, 0) is 11.3 Å². The summed E-state index contributed by atoms with van der Waals surface area (Å²) in [5.74, 6) is 0.430. The van der Waals surface area contributed by atoms with Crippen molar-refractivity contribution in [2.24, 2.45) is 5.92 Å². The maximum absolute atomic E-state index is 8.85. The molecular formula is C18H19NO. The van der Waals surface area contributed by atoms with Gasteiger partial charge in [-0.2, -0.15) is 5.26 Å². The first-order valence-electron chi connectivity index (χ1n) is 6.81. The largest absolute Gasteiger partial charge is 0.373 e. The molecule has 0 aromatic heterocycles. The lowest BCUT2D eigenvalue weighted by molar-refractivity contribution is -0.0300. The second kappa shape index (κ2) is 6.88. The van der Waals surface area contributed by atoms with Crippen molar-refractivity contribution in [3.05, 3.63) is 72.4 Å². The molecule has 102 valence electrons. The highest BCUT2D eigenvalue weighted by Crippen LogP contribution is 2.36. The fraction of sp³-hybridized carbons (Fsp3) is 0.278. The molecule has 0 unspecified atom stereocenters. The van der Waals surface area contributed by atoms with Crippen LogP contribution in [0.1, 0.15) is 18.4 Å². The van der Waals surface area contributed by atoms with Gasteiger partial charge in [0.2, 0.25) is 0 Å². The molecule has 0 spiro atoms. The van der Waals surface area contributed by atoms with E-state index < -0.39 is 0 Å². The van der Waals surface area contributed by atoms with E-state index in [0.717, 1.165) is 18.4 Å². The van der Waals surface area contributed by atoms with Crippen LogP contribution in [0, 0.1) is 17.2 Å². The molecule has 0 amide bonds. The van der Waals surface area contributed by atoms with E-state index >= 15 is 0 Å². The zero-order valence-corrected chi connectivity index (χ0v) is 11.6. The topological polar surface area (TPSA) is 33.0 Å². The molecule has 0 heterocycles. The van der Waals surface area contributed by atoms with E-state index in [4.69, 9.17) is 10.00 Å². The zero-order valence-electron chi connectivity index (χ0n) is 11.6. The Balaban J connectivity index is 1.75. The minimum Gasteiger partial charge on any atom is -0.373 e. The molecule has 20 heavy (non-hydrogen) atoms. The summed E-state index contributed by atoms with van der Waals surface area (Å²) in [6, 6.07) is 12.3. The lowest BCUT2D eigenvalue weighted by Crippen LogP contribution is -2.31. The van der Waals surface area contributed by atoms with Gasteiger partial charge in [-0.25, -0.2) is 0 Å². The van der Waals surface area contributed by atoms with Crippen LogP contribution in [0.2, 0.25) is 0 Å². The smallest absolute Gasteiger partial charge is 0.0991 e. The number of allylic oxidation sites excluding steroid dienone is 4. The maximum atomic E-state index is 8.85. The molecule has 1 aliphatic carbocycles. The highest BCUT2D eigenvalue weighted by molar-refractivity contribution is 5.39. The van der Waals surface area contributed by atoms with Gasteiger partial charge in [-0.1, -0.05) is 55.1 Å². The van der Waals surface area contributed by atoms with Crippen LogP contribution in [0.3, 0.4) is 0 Å². The molecule has 0 radical (unpaired) electrons. The molecule has 1 saturated carbocycles. The molecule has 0 aliphatic heterocycles. The number of benzene rings is 1. The second-order valence-electron chi connectivity index (χ2n) is 5.08. The van der Waals surface area contributed by atoms with Gasteiger partial charge in [0.25, 0.3) is 0 Å². The summed E-state index contributed by atoms with van der Waals surface area (Å²) >= 11 is 0. The molecule has 1 fully saturated rings. The number of hydrogen-bond acceptors (Lipinski definition) is 2. The van der Waals surface area contributed by atoms with Gasteiger partial charge in [0.1, 0.15) is 0 Å². The first kappa shape index (κ1) is 14.3. The van der Waals surface area contributed by atoms with Crippen LogP contribution in [-0.4, -0.2) is 6.10 Å². The highest BCUT2D eigenvalue weighted by Gasteiger charge is 2.31. The average molecular weight is 265 g/mol. The Labute approximate surface area is 120 Å². The SMILES string of the molecule is C=C/C(C#N)=C\C(=C)C1CC(OCc2ccccc2)C1. The van der Waals surface area contributed by atoms with E-state index in [1.165, 1.54) is 5.56 Å². The van der Waals surface area contributed by atoms with E-state index in [-0.39, 0.29) is 0 Å². The molecule has 0 saturated heterocycles. The van der Waals surface area contributed by atoms with Crippen molar-refractivity contribution < 1.29 is 4.74 Å². The molecular weight excluding hydrogens is 246 g/mol. The van der Waals surface area contributed by atoms with Gasteiger partial charge >= 0.3 is 0 Å². The number of rotatable bonds is 6. The van der Waals surface area contributed by atoms with Gasteiger partial charge in [0.05, 0.1) is 24.4 Å². The van der Waals surface area contributed by atoms with Gasteiger partial charge in [0, 0.05) is 0 Å². The summed E-state index contributed by atoms with van der Waals surface area (Å²) in [6.45, 7) is 8.31.